The quantitative estimate of drug-likeness (QED) is 0.604. The number of benzene rings is 2. The molecular weight excluding hydrogens is 434 g/mol. The number of sulfonamides is 1. The lowest BCUT2D eigenvalue weighted by Crippen LogP contribution is -2.28. The standard InChI is InChI=1S/C17H15Cl2FN2O5S/c18-11-2-1-3-13(8-11)28(25,26)21-7-6-17(24)27-10-16(23)22-12-4-5-15(20)14(19)9-12/h1-5,8-9,21H,6-7,10H2,(H,22,23). The Hall–Kier alpha value is -2.20. The number of carbonyl (C=O) groups is 2. The van der Waals surface area contributed by atoms with E-state index in [9.17, 15) is 22.4 Å². The summed E-state index contributed by atoms with van der Waals surface area (Å²) < 4.78 is 44.2. The number of esters is 1. The Morgan fingerprint density at radius 3 is 2.54 bits per heavy atom. The largest absolute Gasteiger partial charge is 0.456 e. The van der Waals surface area contributed by atoms with Crippen molar-refractivity contribution in [1.29, 1.82) is 0 Å². The second-order valence-electron chi connectivity index (χ2n) is 5.44. The fourth-order valence-corrected chi connectivity index (χ4v) is 3.51. The van der Waals surface area contributed by atoms with Gasteiger partial charge in [-0.15, -0.1) is 0 Å². The molecule has 11 heteroatoms. The molecule has 2 aromatic carbocycles. The number of anilines is 1. The molecule has 2 N–H and O–H groups in total. The lowest BCUT2D eigenvalue weighted by Gasteiger charge is -2.08. The molecule has 28 heavy (non-hydrogen) atoms. The monoisotopic (exact) mass is 448 g/mol. The van der Waals surface area contributed by atoms with Gasteiger partial charge in [0.05, 0.1) is 16.3 Å². The molecule has 0 aliphatic heterocycles. The van der Waals surface area contributed by atoms with Crippen LogP contribution in [0.3, 0.4) is 0 Å². The van der Waals surface area contributed by atoms with E-state index in [1.807, 2.05) is 0 Å². The smallest absolute Gasteiger partial charge is 0.307 e. The number of rotatable bonds is 8. The van der Waals surface area contributed by atoms with E-state index in [1.165, 1.54) is 36.4 Å². The number of ether oxygens (including phenoxy) is 1. The van der Waals surface area contributed by atoms with Crippen LogP contribution in [0.25, 0.3) is 0 Å². The van der Waals surface area contributed by atoms with Crippen LogP contribution in [-0.2, 0) is 24.3 Å². The van der Waals surface area contributed by atoms with Gasteiger partial charge in [-0.1, -0.05) is 29.3 Å². The minimum absolute atomic E-state index is 0.0364. The maximum atomic E-state index is 13.1. The molecule has 0 saturated heterocycles. The number of carbonyl (C=O) groups excluding carboxylic acids is 2. The zero-order valence-electron chi connectivity index (χ0n) is 14.2. The van der Waals surface area contributed by atoms with Gasteiger partial charge in [-0.2, -0.15) is 0 Å². The second-order valence-corrected chi connectivity index (χ2v) is 8.05. The maximum absolute atomic E-state index is 13.1. The van der Waals surface area contributed by atoms with Crippen LogP contribution >= 0.6 is 23.2 Å². The van der Waals surface area contributed by atoms with Crippen LogP contribution in [0, 0.1) is 5.82 Å². The summed E-state index contributed by atoms with van der Waals surface area (Å²) in [5.74, 6) is -2.07. The molecule has 1 amide bonds. The van der Waals surface area contributed by atoms with E-state index < -0.39 is 34.3 Å². The molecule has 0 atom stereocenters. The first-order valence-corrected chi connectivity index (χ1v) is 10.1. The van der Waals surface area contributed by atoms with Gasteiger partial charge in [0.25, 0.3) is 5.91 Å². The Kier molecular flexibility index (Phi) is 7.76. The van der Waals surface area contributed by atoms with Gasteiger partial charge in [-0.25, -0.2) is 17.5 Å². The third kappa shape index (κ3) is 6.75. The number of halogens is 3. The van der Waals surface area contributed by atoms with Crippen molar-refractivity contribution in [2.75, 3.05) is 18.5 Å². The van der Waals surface area contributed by atoms with Crippen LogP contribution in [0.2, 0.25) is 10.0 Å². The normalized spacial score (nSPS) is 11.1. The summed E-state index contributed by atoms with van der Waals surface area (Å²) in [5.41, 5.74) is 0.238. The van der Waals surface area contributed by atoms with E-state index in [0.29, 0.717) is 0 Å². The van der Waals surface area contributed by atoms with Crippen LogP contribution in [-0.4, -0.2) is 33.4 Å². The van der Waals surface area contributed by atoms with Crippen LogP contribution in [0.5, 0.6) is 0 Å². The number of hydrogen-bond donors (Lipinski definition) is 2. The zero-order chi connectivity index (χ0) is 20.7. The van der Waals surface area contributed by atoms with Crippen molar-refractivity contribution < 1.29 is 27.1 Å². The van der Waals surface area contributed by atoms with Crippen molar-refractivity contribution in [3.8, 4) is 0 Å². The van der Waals surface area contributed by atoms with Gasteiger partial charge in [0.2, 0.25) is 10.0 Å². The Balaban J connectivity index is 1.75. The molecule has 0 fully saturated rings. The third-order valence-corrected chi connectivity index (χ3v) is 5.28. The van der Waals surface area contributed by atoms with Crippen LogP contribution in [0.1, 0.15) is 6.42 Å². The summed E-state index contributed by atoms with van der Waals surface area (Å²) in [6.07, 6.45) is -0.282. The molecule has 0 bridgehead atoms. The molecule has 0 radical (unpaired) electrons. The molecule has 0 heterocycles. The summed E-state index contributed by atoms with van der Waals surface area (Å²) >= 11 is 11.3. The Labute approximate surface area is 170 Å². The van der Waals surface area contributed by atoms with Gasteiger partial charge in [-0.3, -0.25) is 9.59 Å². The summed E-state index contributed by atoms with van der Waals surface area (Å²) in [7, 11) is -3.82. The van der Waals surface area contributed by atoms with Gasteiger partial charge >= 0.3 is 5.97 Å². The SMILES string of the molecule is O=C(COC(=O)CCNS(=O)(=O)c1cccc(Cl)c1)Nc1ccc(F)c(Cl)c1. The molecule has 7 nitrogen and oxygen atoms in total. The second kappa shape index (κ2) is 9.83. The topological polar surface area (TPSA) is 102 Å². The highest BCUT2D eigenvalue weighted by atomic mass is 35.5. The van der Waals surface area contributed by atoms with Crippen molar-refractivity contribution in [3.05, 3.63) is 58.3 Å². The van der Waals surface area contributed by atoms with E-state index in [2.05, 4.69) is 10.0 Å². The van der Waals surface area contributed by atoms with Crippen LogP contribution in [0.15, 0.2) is 47.4 Å². The average Bonchev–Trinajstić information content (AvgIpc) is 2.63. The molecule has 2 aromatic rings. The van der Waals surface area contributed by atoms with E-state index in [0.717, 1.165) is 6.07 Å². The van der Waals surface area contributed by atoms with Gasteiger partial charge in [-0.05, 0) is 36.4 Å². The molecule has 0 unspecified atom stereocenters. The van der Waals surface area contributed by atoms with Gasteiger partial charge in [0.1, 0.15) is 5.82 Å². The molecule has 0 aliphatic rings. The summed E-state index contributed by atoms with van der Waals surface area (Å²) in [6, 6.07) is 9.23. The predicted octanol–water partition coefficient (Wildman–Crippen LogP) is 2.98. The zero-order valence-corrected chi connectivity index (χ0v) is 16.6. The van der Waals surface area contributed by atoms with Crippen molar-refractivity contribution in [3.63, 3.8) is 0 Å². The van der Waals surface area contributed by atoms with Crippen LogP contribution in [0.4, 0.5) is 10.1 Å². The summed E-state index contributed by atoms with van der Waals surface area (Å²) in [5, 5.41) is 2.48. The van der Waals surface area contributed by atoms with Gasteiger partial charge in [0.15, 0.2) is 6.61 Å². The van der Waals surface area contributed by atoms with Crippen molar-refractivity contribution in [2.24, 2.45) is 0 Å². The number of hydrogen-bond acceptors (Lipinski definition) is 5. The van der Waals surface area contributed by atoms with E-state index >= 15 is 0 Å². The minimum atomic E-state index is -3.82. The predicted molar refractivity (Wildman–Crippen MR) is 102 cm³/mol. The Bertz CT molecular complexity index is 985. The maximum Gasteiger partial charge on any atom is 0.307 e. The average molecular weight is 449 g/mol. The molecule has 150 valence electrons. The molecule has 0 spiro atoms. The van der Waals surface area contributed by atoms with Gasteiger partial charge in [0, 0.05) is 17.3 Å². The lowest BCUT2D eigenvalue weighted by molar-refractivity contribution is -0.147. The number of nitrogens with one attached hydrogen (secondary N) is 2. The van der Waals surface area contributed by atoms with E-state index in [1.54, 1.807) is 0 Å². The first-order chi connectivity index (χ1) is 13.2. The van der Waals surface area contributed by atoms with Crippen molar-refractivity contribution in [2.45, 2.75) is 11.3 Å². The fourth-order valence-electron chi connectivity index (χ4n) is 1.99. The molecule has 0 aliphatic carbocycles. The van der Waals surface area contributed by atoms with E-state index in [4.69, 9.17) is 27.9 Å². The highest BCUT2D eigenvalue weighted by Gasteiger charge is 2.15. The number of amides is 1. The Morgan fingerprint density at radius 2 is 1.86 bits per heavy atom. The fraction of sp³-hybridized carbons (Fsp3) is 0.176. The highest BCUT2D eigenvalue weighted by Crippen LogP contribution is 2.19. The van der Waals surface area contributed by atoms with Crippen molar-refractivity contribution >= 4 is 50.8 Å². The molecular formula is C17H15Cl2FN2O5S. The molecule has 0 aromatic heterocycles. The minimum Gasteiger partial charge on any atom is -0.456 e. The van der Waals surface area contributed by atoms with E-state index in [-0.39, 0.29) is 33.6 Å². The van der Waals surface area contributed by atoms with Crippen LogP contribution < -0.4 is 10.0 Å². The summed E-state index contributed by atoms with van der Waals surface area (Å²) in [4.78, 5) is 23.3. The third-order valence-electron chi connectivity index (χ3n) is 3.30. The first-order valence-electron chi connectivity index (χ1n) is 7.83. The lowest BCUT2D eigenvalue weighted by atomic mass is 10.3. The summed E-state index contributed by atoms with van der Waals surface area (Å²) in [6.45, 7) is -0.808. The Morgan fingerprint density at radius 1 is 1.11 bits per heavy atom. The van der Waals surface area contributed by atoms with Gasteiger partial charge < -0.3 is 10.1 Å². The molecule has 0 saturated carbocycles. The highest BCUT2D eigenvalue weighted by molar-refractivity contribution is 7.89. The first kappa shape index (κ1) is 22.1. The van der Waals surface area contributed by atoms with Crippen molar-refractivity contribution in [1.82, 2.24) is 4.72 Å². The molecule has 2 rings (SSSR count).